The monoisotopic (exact) mass is 432 g/mol. The van der Waals surface area contributed by atoms with E-state index in [2.05, 4.69) is 22.4 Å². The van der Waals surface area contributed by atoms with Crippen LogP contribution in [0, 0.1) is 0 Å². The van der Waals surface area contributed by atoms with Crippen molar-refractivity contribution in [3.8, 4) is 28.5 Å². The Balaban J connectivity index is 0.00000240. The van der Waals surface area contributed by atoms with E-state index >= 15 is 0 Å². The lowest BCUT2D eigenvalue weighted by molar-refractivity contribution is 0.102. The average molecular weight is 433 g/mol. The number of nitrogens with zero attached hydrogens (tertiary/aromatic N) is 1. The molecule has 6 nitrogen and oxygen atoms in total. The maximum Gasteiger partial charge on any atom is 0.257 e. The summed E-state index contributed by atoms with van der Waals surface area (Å²) in [5.41, 5.74) is 3.81. The summed E-state index contributed by atoms with van der Waals surface area (Å²) in [5, 5.41) is 3.49. The fraction of sp³-hybridized carbons (Fsp3) is 0.238. The molecule has 0 saturated carbocycles. The predicted octanol–water partition coefficient (Wildman–Crippen LogP) is 4.61. The molecule has 1 aromatic heterocycles. The van der Waals surface area contributed by atoms with Crippen LogP contribution in [0.5, 0.6) is 17.2 Å². The smallest absolute Gasteiger partial charge is 0.257 e. The number of amides is 1. The lowest BCUT2D eigenvalue weighted by atomic mass is 9.94. The van der Waals surface area contributed by atoms with Gasteiger partial charge in [-0.25, -0.2) is 4.98 Å². The van der Waals surface area contributed by atoms with E-state index < -0.39 is 0 Å². The molecule has 152 valence electrons. The zero-order valence-corrected chi connectivity index (χ0v) is 17.9. The number of rotatable bonds is 5. The highest BCUT2D eigenvalue weighted by Gasteiger charge is 2.22. The summed E-state index contributed by atoms with van der Waals surface area (Å²) in [6.07, 6.45) is 1.93. The molecule has 0 bridgehead atoms. The number of fused-ring (bicyclic) bond motifs is 3. The van der Waals surface area contributed by atoms with E-state index in [-0.39, 0.29) is 18.3 Å². The van der Waals surface area contributed by atoms with Crippen molar-refractivity contribution in [2.75, 3.05) is 26.6 Å². The van der Waals surface area contributed by atoms with Crippen molar-refractivity contribution < 1.29 is 19.0 Å². The van der Waals surface area contributed by atoms with Crippen LogP contribution in [-0.4, -0.2) is 32.2 Å². The highest BCUT2D eigenvalue weighted by Crippen LogP contribution is 2.40. The minimum Gasteiger partial charge on any atom is -0.493 e. The molecule has 2 aromatic carbocycles. The first kappa shape index (κ1) is 21.0. The van der Waals surface area contributed by atoms with E-state index in [1.807, 2.05) is 12.1 Å². The summed E-state index contributed by atoms with van der Waals surface area (Å²) >= 11 is 1.52. The zero-order valence-electron chi connectivity index (χ0n) is 16.3. The molecule has 0 saturated heterocycles. The highest BCUT2D eigenvalue weighted by atomic mass is 35.5. The fourth-order valence-electron chi connectivity index (χ4n) is 3.38. The molecule has 1 N–H and O–H groups in total. The molecule has 4 rings (SSSR count). The number of methoxy groups -OCH3 is 3. The first-order valence-corrected chi connectivity index (χ1v) is 9.65. The number of hydrogen-bond donors (Lipinski definition) is 1. The van der Waals surface area contributed by atoms with Gasteiger partial charge in [-0.1, -0.05) is 24.3 Å². The second kappa shape index (κ2) is 8.71. The Hall–Kier alpha value is -2.77. The van der Waals surface area contributed by atoms with Crippen molar-refractivity contribution in [2.24, 2.45) is 0 Å². The average Bonchev–Trinajstić information content (AvgIpc) is 3.15. The predicted molar refractivity (Wildman–Crippen MR) is 116 cm³/mol. The Morgan fingerprint density at radius 1 is 1.03 bits per heavy atom. The number of aryl methyl sites for hydroxylation is 2. The number of ether oxygens (including phenoxy) is 3. The third-order valence-electron chi connectivity index (χ3n) is 4.74. The molecule has 0 radical (unpaired) electrons. The summed E-state index contributed by atoms with van der Waals surface area (Å²) in [6, 6.07) is 11.5. The van der Waals surface area contributed by atoms with Gasteiger partial charge in [0.05, 0.1) is 27.0 Å². The zero-order chi connectivity index (χ0) is 19.7. The van der Waals surface area contributed by atoms with Crippen molar-refractivity contribution in [1.82, 2.24) is 4.98 Å². The summed E-state index contributed by atoms with van der Waals surface area (Å²) in [5.74, 6) is 1.03. The van der Waals surface area contributed by atoms with Crippen LogP contribution in [0.25, 0.3) is 11.3 Å². The lowest BCUT2D eigenvalue weighted by Crippen LogP contribution is -2.12. The third-order valence-corrected chi connectivity index (χ3v) is 5.77. The van der Waals surface area contributed by atoms with E-state index in [9.17, 15) is 4.79 Å². The number of carbonyl (C=O) groups is 1. The fourth-order valence-corrected chi connectivity index (χ4v) is 4.35. The number of nitrogens with one attached hydrogen (secondary N) is 1. The Morgan fingerprint density at radius 2 is 1.72 bits per heavy atom. The van der Waals surface area contributed by atoms with E-state index in [4.69, 9.17) is 14.2 Å². The molecule has 1 aliphatic rings. The summed E-state index contributed by atoms with van der Waals surface area (Å²) in [4.78, 5) is 18.7. The van der Waals surface area contributed by atoms with Crippen LogP contribution in [0.4, 0.5) is 5.13 Å². The van der Waals surface area contributed by atoms with E-state index in [1.165, 1.54) is 43.1 Å². The highest BCUT2D eigenvalue weighted by molar-refractivity contribution is 7.16. The molecule has 29 heavy (non-hydrogen) atoms. The Labute approximate surface area is 179 Å². The van der Waals surface area contributed by atoms with E-state index in [1.54, 1.807) is 12.1 Å². The molecular formula is C21H21ClN2O4S. The summed E-state index contributed by atoms with van der Waals surface area (Å²) in [7, 11) is 4.56. The van der Waals surface area contributed by atoms with E-state index in [0.717, 1.165) is 24.1 Å². The molecule has 3 aromatic rings. The van der Waals surface area contributed by atoms with Crippen LogP contribution < -0.4 is 19.5 Å². The van der Waals surface area contributed by atoms with Gasteiger partial charge in [-0.15, -0.1) is 23.7 Å². The Morgan fingerprint density at radius 3 is 2.38 bits per heavy atom. The Bertz CT molecular complexity index is 1030. The van der Waals surface area contributed by atoms with Crippen molar-refractivity contribution in [3.05, 3.63) is 52.4 Å². The largest absolute Gasteiger partial charge is 0.493 e. The van der Waals surface area contributed by atoms with Gasteiger partial charge in [0, 0.05) is 16.0 Å². The van der Waals surface area contributed by atoms with Gasteiger partial charge in [-0.2, -0.15) is 0 Å². The molecule has 0 unspecified atom stereocenters. The molecule has 1 heterocycles. The van der Waals surface area contributed by atoms with Crippen LogP contribution in [0.3, 0.4) is 0 Å². The minimum atomic E-state index is -0.279. The van der Waals surface area contributed by atoms with Crippen molar-refractivity contribution in [1.29, 1.82) is 0 Å². The molecule has 0 atom stereocenters. The van der Waals surface area contributed by atoms with Crippen LogP contribution >= 0.6 is 23.7 Å². The molecule has 8 heteroatoms. The van der Waals surface area contributed by atoms with Crippen LogP contribution in [0.2, 0.25) is 0 Å². The molecule has 1 aliphatic carbocycles. The first-order valence-electron chi connectivity index (χ1n) is 8.84. The topological polar surface area (TPSA) is 69.7 Å². The first-order chi connectivity index (χ1) is 13.6. The standard InChI is InChI=1S/C21H20N2O4S.ClH/c1-25-15-10-13(11-16(26-2)19(15)27-3)20(24)23-21-22-18-14-7-5-4-6-12(14)8-9-17(18)28-21;/h4-7,10-11H,8-9H2,1-3H3,(H,22,23,24);1H. The third kappa shape index (κ3) is 3.88. The normalized spacial score (nSPS) is 11.6. The maximum atomic E-state index is 12.8. The molecule has 0 spiro atoms. The van der Waals surface area contributed by atoms with Crippen LogP contribution in [0.1, 0.15) is 20.8 Å². The molecule has 1 amide bonds. The van der Waals surface area contributed by atoms with Crippen LogP contribution in [0.15, 0.2) is 36.4 Å². The van der Waals surface area contributed by atoms with Crippen molar-refractivity contribution >= 4 is 34.8 Å². The van der Waals surface area contributed by atoms with E-state index in [0.29, 0.717) is 27.9 Å². The number of aromatic nitrogens is 1. The van der Waals surface area contributed by atoms with Gasteiger partial charge in [-0.05, 0) is 30.5 Å². The maximum absolute atomic E-state index is 12.8. The molecular weight excluding hydrogens is 412 g/mol. The number of halogens is 1. The van der Waals surface area contributed by atoms with Crippen molar-refractivity contribution in [2.45, 2.75) is 12.8 Å². The summed E-state index contributed by atoms with van der Waals surface area (Å²) in [6.45, 7) is 0. The van der Waals surface area contributed by atoms with Gasteiger partial charge in [0.1, 0.15) is 0 Å². The SMILES string of the molecule is COc1cc(C(=O)Nc2nc3c(s2)CCc2ccccc2-3)cc(OC)c1OC.Cl. The Kier molecular flexibility index (Phi) is 6.30. The second-order valence-electron chi connectivity index (χ2n) is 6.32. The van der Waals surface area contributed by atoms with Gasteiger partial charge < -0.3 is 14.2 Å². The van der Waals surface area contributed by atoms with Gasteiger partial charge in [-0.3, -0.25) is 10.1 Å². The lowest BCUT2D eigenvalue weighted by Gasteiger charge is -2.13. The number of carbonyl (C=O) groups excluding carboxylic acids is 1. The number of hydrogen-bond acceptors (Lipinski definition) is 6. The van der Waals surface area contributed by atoms with Gasteiger partial charge in [0.25, 0.3) is 5.91 Å². The molecule has 0 aliphatic heterocycles. The number of anilines is 1. The van der Waals surface area contributed by atoms with Gasteiger partial charge >= 0.3 is 0 Å². The number of benzene rings is 2. The summed E-state index contributed by atoms with van der Waals surface area (Å²) < 4.78 is 16.0. The van der Waals surface area contributed by atoms with Crippen LogP contribution in [-0.2, 0) is 12.8 Å². The number of thiazole rings is 1. The minimum absolute atomic E-state index is 0. The second-order valence-corrected chi connectivity index (χ2v) is 7.40. The van der Waals surface area contributed by atoms with Crippen molar-refractivity contribution in [3.63, 3.8) is 0 Å². The quantitative estimate of drug-likeness (QED) is 0.637. The van der Waals surface area contributed by atoms with Gasteiger partial charge in [0.2, 0.25) is 5.75 Å². The van der Waals surface area contributed by atoms with Gasteiger partial charge in [0.15, 0.2) is 16.6 Å². The molecule has 0 fully saturated rings.